The van der Waals surface area contributed by atoms with Gasteiger partial charge in [-0.1, -0.05) is 72.1 Å². The Balaban J connectivity index is 2.30. The zero-order valence-electron chi connectivity index (χ0n) is 23.4. The molecule has 1 atom stereocenters. The van der Waals surface area contributed by atoms with Gasteiger partial charge in [-0.15, -0.1) is 0 Å². The second-order valence-corrected chi connectivity index (χ2v) is 10.8. The fourth-order valence-electron chi connectivity index (χ4n) is 4.32. The molecule has 33 heavy (non-hydrogen) atoms. The van der Waals surface area contributed by atoms with Crippen molar-refractivity contribution in [3.8, 4) is 0 Å². The molecule has 0 aromatic heterocycles. The van der Waals surface area contributed by atoms with Gasteiger partial charge >= 0.3 is 0 Å². The van der Waals surface area contributed by atoms with Gasteiger partial charge in [-0.2, -0.15) is 0 Å². The van der Waals surface area contributed by atoms with Crippen LogP contribution in [0, 0.1) is 0 Å². The van der Waals surface area contributed by atoms with E-state index >= 15 is 0 Å². The SMILES string of the molecule is CC/C(=C\CC/C=C(\CC)CC/C=C(\C)CCC1OC1(C)C)CC/C=C(\C)CCC=C(C)C. The van der Waals surface area contributed by atoms with E-state index in [0.29, 0.717) is 6.10 Å². The van der Waals surface area contributed by atoms with Gasteiger partial charge in [0.2, 0.25) is 0 Å². The quantitative estimate of drug-likeness (QED) is 0.121. The molecule has 1 saturated heterocycles. The van der Waals surface area contributed by atoms with Gasteiger partial charge in [0.15, 0.2) is 0 Å². The van der Waals surface area contributed by atoms with E-state index in [1.807, 2.05) is 0 Å². The van der Waals surface area contributed by atoms with Crippen LogP contribution in [0.4, 0.5) is 0 Å². The first kappa shape index (κ1) is 29.7. The number of unbranched alkanes of at least 4 members (excludes halogenated alkanes) is 1. The van der Waals surface area contributed by atoms with E-state index in [1.165, 1.54) is 93.8 Å². The van der Waals surface area contributed by atoms with Gasteiger partial charge in [0.25, 0.3) is 0 Å². The van der Waals surface area contributed by atoms with Crippen molar-refractivity contribution in [1.29, 1.82) is 0 Å². The molecular formula is C32H54O. The van der Waals surface area contributed by atoms with E-state index in [0.717, 1.165) is 0 Å². The molecule has 1 fully saturated rings. The van der Waals surface area contributed by atoms with Crippen molar-refractivity contribution in [3.05, 3.63) is 58.2 Å². The van der Waals surface area contributed by atoms with Crippen LogP contribution >= 0.6 is 0 Å². The van der Waals surface area contributed by atoms with Crippen LogP contribution in [0.15, 0.2) is 58.2 Å². The molecule has 0 aromatic carbocycles. The molecule has 188 valence electrons. The van der Waals surface area contributed by atoms with E-state index in [-0.39, 0.29) is 5.60 Å². The van der Waals surface area contributed by atoms with E-state index in [1.54, 1.807) is 11.1 Å². The predicted octanol–water partition coefficient (Wildman–Crippen LogP) is 10.6. The molecule has 1 nitrogen and oxygen atoms in total. The third kappa shape index (κ3) is 14.5. The second-order valence-electron chi connectivity index (χ2n) is 10.8. The minimum atomic E-state index is 0.130. The molecule has 0 N–H and O–H groups in total. The predicted molar refractivity (Wildman–Crippen MR) is 149 cm³/mol. The highest BCUT2D eigenvalue weighted by atomic mass is 16.6. The fourth-order valence-corrected chi connectivity index (χ4v) is 4.32. The van der Waals surface area contributed by atoms with Crippen LogP contribution in [-0.4, -0.2) is 11.7 Å². The number of ether oxygens (including phenoxy) is 1. The molecule has 0 aliphatic carbocycles. The molecule has 0 bridgehead atoms. The molecule has 0 aromatic rings. The van der Waals surface area contributed by atoms with Gasteiger partial charge in [-0.05, 0) is 119 Å². The van der Waals surface area contributed by atoms with Crippen molar-refractivity contribution >= 4 is 0 Å². The van der Waals surface area contributed by atoms with Crippen molar-refractivity contribution in [1.82, 2.24) is 0 Å². The molecular weight excluding hydrogens is 400 g/mol. The summed E-state index contributed by atoms with van der Waals surface area (Å²) >= 11 is 0. The minimum Gasteiger partial charge on any atom is -0.367 e. The van der Waals surface area contributed by atoms with Crippen molar-refractivity contribution in [2.75, 3.05) is 0 Å². The monoisotopic (exact) mass is 454 g/mol. The minimum absolute atomic E-state index is 0.130. The summed E-state index contributed by atoms with van der Waals surface area (Å²) in [6.07, 6.45) is 26.9. The third-order valence-electron chi connectivity index (χ3n) is 6.91. The molecule has 0 amide bonds. The zero-order valence-corrected chi connectivity index (χ0v) is 23.4. The number of hydrogen-bond donors (Lipinski definition) is 0. The summed E-state index contributed by atoms with van der Waals surface area (Å²) in [7, 11) is 0. The Morgan fingerprint density at radius 3 is 1.52 bits per heavy atom. The largest absolute Gasteiger partial charge is 0.367 e. The van der Waals surface area contributed by atoms with E-state index in [2.05, 4.69) is 85.8 Å². The Bertz CT molecular complexity index is 707. The summed E-state index contributed by atoms with van der Waals surface area (Å²) in [4.78, 5) is 0. The van der Waals surface area contributed by atoms with Crippen LogP contribution in [0.2, 0.25) is 0 Å². The molecule has 1 heteroatoms. The second kappa shape index (κ2) is 16.3. The summed E-state index contributed by atoms with van der Waals surface area (Å²) in [6.45, 7) is 17.9. The molecule has 1 aliphatic heterocycles. The van der Waals surface area contributed by atoms with Gasteiger partial charge in [-0.25, -0.2) is 0 Å². The van der Waals surface area contributed by atoms with Crippen LogP contribution in [0.25, 0.3) is 0 Å². The van der Waals surface area contributed by atoms with Crippen LogP contribution < -0.4 is 0 Å². The first-order chi connectivity index (χ1) is 15.7. The first-order valence-corrected chi connectivity index (χ1v) is 13.7. The Kier molecular flexibility index (Phi) is 14.7. The van der Waals surface area contributed by atoms with Crippen molar-refractivity contribution in [2.24, 2.45) is 0 Å². The Morgan fingerprint density at radius 2 is 1.09 bits per heavy atom. The topological polar surface area (TPSA) is 12.5 Å². The lowest BCUT2D eigenvalue weighted by Gasteiger charge is -2.06. The number of epoxide rings is 1. The lowest BCUT2D eigenvalue weighted by Crippen LogP contribution is -2.02. The Labute approximate surface area is 207 Å². The van der Waals surface area contributed by atoms with E-state index in [9.17, 15) is 0 Å². The van der Waals surface area contributed by atoms with Crippen LogP contribution in [-0.2, 0) is 4.74 Å². The highest BCUT2D eigenvalue weighted by Crippen LogP contribution is 2.39. The molecule has 1 heterocycles. The van der Waals surface area contributed by atoms with Gasteiger partial charge < -0.3 is 4.74 Å². The summed E-state index contributed by atoms with van der Waals surface area (Å²) in [5.41, 5.74) is 7.85. The normalized spacial score (nSPS) is 19.1. The smallest absolute Gasteiger partial charge is 0.0892 e. The Hall–Kier alpha value is -1.34. The molecule has 1 rings (SSSR count). The highest BCUT2D eigenvalue weighted by molar-refractivity contribution is 5.09. The van der Waals surface area contributed by atoms with Crippen LogP contribution in [0.3, 0.4) is 0 Å². The third-order valence-corrected chi connectivity index (χ3v) is 6.91. The number of allylic oxidation sites excluding steroid dienone is 10. The van der Waals surface area contributed by atoms with Crippen molar-refractivity contribution < 1.29 is 4.74 Å². The molecule has 1 aliphatic rings. The lowest BCUT2D eigenvalue weighted by molar-refractivity contribution is 0.320. The Morgan fingerprint density at radius 1 is 0.636 bits per heavy atom. The highest BCUT2D eigenvalue weighted by Gasteiger charge is 2.46. The molecule has 0 spiro atoms. The van der Waals surface area contributed by atoms with E-state index < -0.39 is 0 Å². The molecule has 0 radical (unpaired) electrons. The van der Waals surface area contributed by atoms with E-state index in [4.69, 9.17) is 4.74 Å². The van der Waals surface area contributed by atoms with Gasteiger partial charge in [0.1, 0.15) is 0 Å². The fraction of sp³-hybridized carbons (Fsp3) is 0.688. The average molecular weight is 455 g/mol. The maximum absolute atomic E-state index is 5.70. The maximum Gasteiger partial charge on any atom is 0.0892 e. The lowest BCUT2D eigenvalue weighted by atomic mass is 10.0. The number of hydrogen-bond acceptors (Lipinski definition) is 1. The first-order valence-electron chi connectivity index (χ1n) is 13.7. The summed E-state index contributed by atoms with van der Waals surface area (Å²) in [6, 6.07) is 0. The van der Waals surface area contributed by atoms with Crippen molar-refractivity contribution in [3.63, 3.8) is 0 Å². The van der Waals surface area contributed by atoms with Gasteiger partial charge in [-0.3, -0.25) is 0 Å². The summed E-state index contributed by atoms with van der Waals surface area (Å²) < 4.78 is 5.70. The summed E-state index contributed by atoms with van der Waals surface area (Å²) in [5.74, 6) is 0. The van der Waals surface area contributed by atoms with Crippen molar-refractivity contribution in [2.45, 2.75) is 144 Å². The molecule has 0 saturated carbocycles. The average Bonchev–Trinajstić information content (AvgIpc) is 3.38. The molecule has 1 unspecified atom stereocenters. The van der Waals surface area contributed by atoms with Gasteiger partial charge in [0, 0.05) is 0 Å². The standard InChI is InChI=1S/C32H54O/c1-9-29(22-14-18-27(5)17-13-16-26(3)4)20-11-12-21-30(10-2)23-15-19-28(6)24-25-31-32(7,8)33-31/h16,18-21,31H,9-15,17,22-25H2,1-8H3/b27-18+,28-19+,29-20+,30-21+. The van der Waals surface area contributed by atoms with Crippen LogP contribution in [0.1, 0.15) is 132 Å². The van der Waals surface area contributed by atoms with Gasteiger partial charge in [0.05, 0.1) is 11.7 Å². The maximum atomic E-state index is 5.70. The zero-order chi connectivity index (χ0) is 24.7. The summed E-state index contributed by atoms with van der Waals surface area (Å²) in [5, 5.41) is 0. The number of rotatable bonds is 17. The van der Waals surface area contributed by atoms with Crippen LogP contribution in [0.5, 0.6) is 0 Å².